The number of imidazole rings is 1. The number of aliphatic hydroxyl groups is 1. The maximum absolute atomic E-state index is 13.4. The number of aromatic nitrogens is 2. The van der Waals surface area contributed by atoms with Crippen LogP contribution in [-0.4, -0.2) is 69.5 Å². The number of benzene rings is 2. The van der Waals surface area contributed by atoms with Crippen molar-refractivity contribution in [1.82, 2.24) is 19.8 Å². The van der Waals surface area contributed by atoms with E-state index in [9.17, 15) is 14.7 Å². The largest absolute Gasteiger partial charge is 0.392 e. The highest BCUT2D eigenvalue weighted by Gasteiger charge is 2.29. The van der Waals surface area contributed by atoms with Crippen molar-refractivity contribution in [3.8, 4) is 11.4 Å². The summed E-state index contributed by atoms with van der Waals surface area (Å²) in [6.07, 6.45) is 4.57. The summed E-state index contributed by atoms with van der Waals surface area (Å²) in [7, 11) is 1.84. The Bertz CT molecular complexity index is 1190. The van der Waals surface area contributed by atoms with Crippen LogP contribution in [-0.2, 0) is 22.4 Å². The van der Waals surface area contributed by atoms with Crippen molar-refractivity contribution in [3.05, 3.63) is 71.5 Å². The fourth-order valence-electron chi connectivity index (χ4n) is 4.84. The number of nitrogens with zero attached hydrogens (tertiary/aromatic N) is 3. The highest BCUT2D eigenvalue weighted by molar-refractivity contribution is 5.99. The summed E-state index contributed by atoms with van der Waals surface area (Å²) in [4.78, 5) is 36.6. The molecule has 2 aliphatic heterocycles. The quantitative estimate of drug-likeness (QED) is 0.504. The molecule has 3 heterocycles. The molecule has 0 bridgehead atoms. The Kier molecular flexibility index (Phi) is 6.17. The molecule has 2 aliphatic rings. The first kappa shape index (κ1) is 22.3. The van der Waals surface area contributed by atoms with Crippen LogP contribution in [0.4, 0.5) is 5.69 Å². The molecule has 3 aromatic rings. The van der Waals surface area contributed by atoms with Gasteiger partial charge in [-0.2, -0.15) is 0 Å². The molecule has 3 N–H and O–H groups in total. The lowest BCUT2D eigenvalue weighted by Crippen LogP contribution is -2.39. The van der Waals surface area contributed by atoms with E-state index < -0.39 is 0 Å². The third-order valence-corrected chi connectivity index (χ3v) is 6.74. The number of amides is 2. The van der Waals surface area contributed by atoms with Crippen LogP contribution in [0.2, 0.25) is 0 Å². The lowest BCUT2D eigenvalue weighted by Gasteiger charge is -2.32. The first-order valence-corrected chi connectivity index (χ1v) is 11.6. The average Bonchev–Trinajstić information content (AvgIpc) is 3.57. The molecule has 34 heavy (non-hydrogen) atoms. The second-order valence-electron chi connectivity index (χ2n) is 9.18. The minimum atomic E-state index is -0.322. The predicted octanol–water partition coefficient (Wildman–Crippen LogP) is 2.38. The van der Waals surface area contributed by atoms with Gasteiger partial charge in [0.15, 0.2) is 0 Å². The van der Waals surface area contributed by atoms with Gasteiger partial charge < -0.3 is 20.3 Å². The fraction of sp³-hybridized carbons (Fsp3) is 0.346. The van der Waals surface area contributed by atoms with Crippen LogP contribution < -0.4 is 5.32 Å². The zero-order valence-corrected chi connectivity index (χ0v) is 19.2. The topological polar surface area (TPSA) is 102 Å². The van der Waals surface area contributed by atoms with E-state index in [2.05, 4.69) is 26.3 Å². The van der Waals surface area contributed by atoms with E-state index in [4.69, 9.17) is 0 Å². The second kappa shape index (κ2) is 9.40. The lowest BCUT2D eigenvalue weighted by atomic mass is 10.0. The number of H-pyrrole nitrogens is 1. The maximum Gasteiger partial charge on any atom is 0.228 e. The molecule has 176 valence electrons. The number of anilines is 1. The Balaban J connectivity index is 1.38. The predicted molar refractivity (Wildman–Crippen MR) is 129 cm³/mol. The first-order valence-electron chi connectivity index (χ1n) is 11.6. The van der Waals surface area contributed by atoms with Crippen molar-refractivity contribution in [3.63, 3.8) is 0 Å². The van der Waals surface area contributed by atoms with E-state index in [0.717, 1.165) is 46.7 Å². The van der Waals surface area contributed by atoms with Crippen LogP contribution in [0.5, 0.6) is 0 Å². The van der Waals surface area contributed by atoms with Crippen molar-refractivity contribution in [1.29, 1.82) is 0 Å². The summed E-state index contributed by atoms with van der Waals surface area (Å²) in [5.41, 5.74) is 4.62. The molecule has 0 unspecified atom stereocenters. The van der Waals surface area contributed by atoms with Gasteiger partial charge in [-0.15, -0.1) is 0 Å². The van der Waals surface area contributed by atoms with Crippen LogP contribution in [0.3, 0.4) is 0 Å². The Morgan fingerprint density at radius 1 is 1.29 bits per heavy atom. The summed E-state index contributed by atoms with van der Waals surface area (Å²) in [5, 5.41) is 12.9. The van der Waals surface area contributed by atoms with Crippen molar-refractivity contribution in [2.45, 2.75) is 31.4 Å². The van der Waals surface area contributed by atoms with E-state index in [0.29, 0.717) is 19.5 Å². The molecule has 2 aromatic carbocycles. The van der Waals surface area contributed by atoms with Gasteiger partial charge in [-0.05, 0) is 35.2 Å². The summed E-state index contributed by atoms with van der Waals surface area (Å²) >= 11 is 0. The standard InChI is InChI=1S/C26H29N5O3/c1-30(25(34)12-17-5-6-18-14-24(33)29-22(18)11-17)23(16-31-10-7-21(32)15-31)19-3-2-4-20(13-19)26-27-8-9-28-26/h2-6,8-9,11,13,21,23,32H,7,10,12,14-16H2,1H3,(H,27,28)(H,29,33)/t21-,23+/m0/s1. The van der Waals surface area contributed by atoms with E-state index in [-0.39, 0.29) is 30.4 Å². The molecule has 0 radical (unpaired) electrons. The Labute approximate surface area is 198 Å². The molecule has 5 rings (SSSR count). The monoisotopic (exact) mass is 459 g/mol. The van der Waals surface area contributed by atoms with Gasteiger partial charge in [-0.3, -0.25) is 14.5 Å². The molecule has 8 heteroatoms. The van der Waals surface area contributed by atoms with Crippen molar-refractivity contribution in [2.24, 2.45) is 0 Å². The van der Waals surface area contributed by atoms with Crippen LogP contribution in [0, 0.1) is 0 Å². The third-order valence-electron chi connectivity index (χ3n) is 6.74. The number of likely N-dealkylation sites (tertiary alicyclic amines) is 1. The van der Waals surface area contributed by atoms with E-state index in [1.54, 1.807) is 17.3 Å². The second-order valence-corrected chi connectivity index (χ2v) is 9.18. The Morgan fingerprint density at radius 2 is 2.18 bits per heavy atom. The number of carbonyl (C=O) groups excluding carboxylic acids is 2. The highest BCUT2D eigenvalue weighted by Crippen LogP contribution is 2.28. The van der Waals surface area contributed by atoms with Crippen LogP contribution >= 0.6 is 0 Å². The molecular weight excluding hydrogens is 430 g/mol. The normalized spacial score (nSPS) is 18.5. The number of aromatic amines is 1. The minimum Gasteiger partial charge on any atom is -0.392 e. The van der Waals surface area contributed by atoms with Gasteiger partial charge in [-0.25, -0.2) is 4.98 Å². The number of hydrogen-bond donors (Lipinski definition) is 3. The summed E-state index contributed by atoms with van der Waals surface area (Å²) in [6, 6.07) is 13.7. The zero-order chi connectivity index (χ0) is 23.7. The van der Waals surface area contributed by atoms with Crippen molar-refractivity contribution >= 4 is 17.5 Å². The van der Waals surface area contributed by atoms with Gasteiger partial charge in [0.05, 0.1) is 25.0 Å². The number of rotatable bonds is 7. The Hall–Kier alpha value is -3.49. The van der Waals surface area contributed by atoms with Crippen LogP contribution in [0.15, 0.2) is 54.9 Å². The summed E-state index contributed by atoms with van der Waals surface area (Å²) < 4.78 is 0. The lowest BCUT2D eigenvalue weighted by molar-refractivity contribution is -0.131. The first-order chi connectivity index (χ1) is 16.5. The molecule has 2 amide bonds. The van der Waals surface area contributed by atoms with E-state index in [1.807, 2.05) is 43.4 Å². The average molecular weight is 460 g/mol. The molecule has 1 fully saturated rings. The van der Waals surface area contributed by atoms with Crippen molar-refractivity contribution < 1.29 is 14.7 Å². The number of likely N-dealkylation sites (N-methyl/N-ethyl adjacent to an activating group) is 1. The van der Waals surface area contributed by atoms with Gasteiger partial charge in [0.25, 0.3) is 0 Å². The molecular formula is C26H29N5O3. The number of hydrogen-bond acceptors (Lipinski definition) is 5. The van der Waals surface area contributed by atoms with Gasteiger partial charge >= 0.3 is 0 Å². The minimum absolute atomic E-state index is 0.00239. The molecule has 8 nitrogen and oxygen atoms in total. The molecule has 1 aromatic heterocycles. The maximum atomic E-state index is 13.4. The number of β-amino-alcohol motifs (C(OH)–C–C–N with tert-alkyl or cyclic N) is 1. The fourth-order valence-corrected chi connectivity index (χ4v) is 4.84. The zero-order valence-electron chi connectivity index (χ0n) is 19.2. The Morgan fingerprint density at radius 3 is 2.94 bits per heavy atom. The van der Waals surface area contributed by atoms with Crippen LogP contribution in [0.25, 0.3) is 11.4 Å². The molecule has 0 spiro atoms. The molecule has 1 saturated heterocycles. The number of aliphatic hydroxyl groups excluding tert-OH is 1. The van der Waals surface area contributed by atoms with Crippen LogP contribution in [0.1, 0.15) is 29.2 Å². The van der Waals surface area contributed by atoms with Gasteiger partial charge in [0.2, 0.25) is 11.8 Å². The summed E-state index contributed by atoms with van der Waals surface area (Å²) in [6.45, 7) is 2.06. The smallest absolute Gasteiger partial charge is 0.228 e. The highest BCUT2D eigenvalue weighted by atomic mass is 16.3. The molecule has 2 atom stereocenters. The summed E-state index contributed by atoms with van der Waals surface area (Å²) in [5.74, 6) is 0.767. The van der Waals surface area contributed by atoms with Gasteiger partial charge in [0.1, 0.15) is 5.82 Å². The SMILES string of the molecule is CN(C(=O)Cc1ccc2c(c1)NC(=O)C2)[C@H](CN1CC[C@H](O)C1)c1cccc(-c2ncc[nH]2)c1. The van der Waals surface area contributed by atoms with Crippen molar-refractivity contribution in [2.75, 3.05) is 32.0 Å². The van der Waals surface area contributed by atoms with E-state index >= 15 is 0 Å². The number of carbonyl (C=O) groups is 2. The number of fused-ring (bicyclic) bond motifs is 1. The van der Waals surface area contributed by atoms with Gasteiger partial charge in [0, 0.05) is 50.3 Å². The number of nitrogens with one attached hydrogen (secondary N) is 2. The molecule has 0 aliphatic carbocycles. The van der Waals surface area contributed by atoms with Gasteiger partial charge in [-0.1, -0.05) is 30.3 Å². The third kappa shape index (κ3) is 4.73. The molecule has 0 saturated carbocycles. The van der Waals surface area contributed by atoms with E-state index in [1.165, 1.54) is 0 Å².